The highest BCUT2D eigenvalue weighted by atomic mass is 32.3. The molecule has 0 radical (unpaired) electrons. The number of carbonyl (C=O) groups excluding carboxylic acids is 2. The Balaban J connectivity index is 1.66. The molecule has 4 rings (SSSR count). The van der Waals surface area contributed by atoms with Crippen molar-refractivity contribution in [2.75, 3.05) is 13.2 Å². The van der Waals surface area contributed by atoms with Crippen LogP contribution >= 0.6 is 0 Å². The van der Waals surface area contributed by atoms with Gasteiger partial charge in [0.05, 0.1) is 36.9 Å². The van der Waals surface area contributed by atoms with Gasteiger partial charge in [0, 0.05) is 6.92 Å². The Labute approximate surface area is 255 Å². The number of nitrogens with one attached hydrogen (secondary N) is 1. The number of ether oxygens (including phenoxy) is 5. The van der Waals surface area contributed by atoms with E-state index in [-0.39, 0.29) is 32.0 Å². The van der Waals surface area contributed by atoms with Crippen molar-refractivity contribution in [3.8, 4) is 0 Å². The number of carbonyl (C=O) groups is 2. The maximum atomic E-state index is 13.4. The van der Waals surface area contributed by atoms with E-state index in [4.69, 9.17) is 23.7 Å². The van der Waals surface area contributed by atoms with Crippen LogP contribution in [0.2, 0.25) is 0 Å². The Morgan fingerprint density at radius 1 is 0.909 bits per heavy atom. The predicted molar refractivity (Wildman–Crippen MR) is 157 cm³/mol. The molecule has 1 N–H and O–H groups in total. The molecule has 1 heterocycles. The number of hydrogen-bond acceptors (Lipinski definition) is 9. The third kappa shape index (κ3) is 9.28. The molecule has 0 unspecified atom stereocenters. The van der Waals surface area contributed by atoms with Crippen LogP contribution in [0.1, 0.15) is 28.4 Å². The van der Waals surface area contributed by atoms with E-state index in [2.05, 4.69) is 11.9 Å². The minimum absolute atomic E-state index is 0.0377. The number of hydrogen-bond donors (Lipinski definition) is 1. The molecule has 1 amide bonds. The molecule has 1 saturated heterocycles. The van der Waals surface area contributed by atoms with E-state index in [1.54, 1.807) is 0 Å². The molecule has 0 saturated carbocycles. The fourth-order valence-electron chi connectivity index (χ4n) is 4.65. The van der Waals surface area contributed by atoms with Gasteiger partial charge in [-0.2, -0.15) is 8.42 Å². The van der Waals surface area contributed by atoms with Crippen LogP contribution in [0.3, 0.4) is 0 Å². The summed E-state index contributed by atoms with van der Waals surface area (Å²) in [5.74, 6) is -1.25. The van der Waals surface area contributed by atoms with E-state index in [1.807, 2.05) is 60.7 Å². The van der Waals surface area contributed by atoms with E-state index >= 15 is 0 Å². The molecule has 12 heteroatoms. The number of esters is 1. The number of benzene rings is 3. The molecule has 5 atom stereocenters. The van der Waals surface area contributed by atoms with Gasteiger partial charge < -0.3 is 29.0 Å². The zero-order valence-electron chi connectivity index (χ0n) is 24.0. The van der Waals surface area contributed by atoms with Crippen LogP contribution in [0.25, 0.3) is 0 Å². The summed E-state index contributed by atoms with van der Waals surface area (Å²) in [6.45, 7) is 5.40. The molecular formula is C32H34FNO9S. The Morgan fingerprint density at radius 2 is 1.52 bits per heavy atom. The van der Waals surface area contributed by atoms with Crippen molar-refractivity contribution in [1.82, 2.24) is 5.32 Å². The van der Waals surface area contributed by atoms with Crippen molar-refractivity contribution < 1.29 is 45.6 Å². The lowest BCUT2D eigenvalue weighted by Crippen LogP contribution is -2.66. The average molecular weight is 628 g/mol. The summed E-state index contributed by atoms with van der Waals surface area (Å²) in [7, 11) is -4.96. The monoisotopic (exact) mass is 627 g/mol. The summed E-state index contributed by atoms with van der Waals surface area (Å²) in [4.78, 5) is 25.1. The SMILES string of the molecule is C=CCO[C@@H]1O[C@H](COCc2ccccc2)[C@H](OC(=O)c2ccc(S(=O)(=O)F)cc2)[C@H](OCc2ccccc2)[C@H]1NC(C)=O. The first-order chi connectivity index (χ1) is 21.2. The van der Waals surface area contributed by atoms with Crippen molar-refractivity contribution in [3.63, 3.8) is 0 Å². The molecule has 10 nitrogen and oxygen atoms in total. The van der Waals surface area contributed by atoms with Crippen molar-refractivity contribution in [3.05, 3.63) is 114 Å². The summed E-state index contributed by atoms with van der Waals surface area (Å²) >= 11 is 0. The summed E-state index contributed by atoms with van der Waals surface area (Å²) in [6.07, 6.45) is -2.53. The van der Waals surface area contributed by atoms with E-state index in [0.717, 1.165) is 35.4 Å². The molecule has 0 aromatic heterocycles. The van der Waals surface area contributed by atoms with Crippen molar-refractivity contribution in [1.29, 1.82) is 0 Å². The quantitative estimate of drug-likeness (QED) is 0.160. The summed E-state index contributed by atoms with van der Waals surface area (Å²) in [5.41, 5.74) is 1.70. The van der Waals surface area contributed by atoms with Gasteiger partial charge in [0.15, 0.2) is 12.4 Å². The fourth-order valence-corrected chi connectivity index (χ4v) is 5.11. The number of amides is 1. The molecule has 0 spiro atoms. The van der Waals surface area contributed by atoms with Gasteiger partial charge in [-0.15, -0.1) is 10.5 Å². The van der Waals surface area contributed by atoms with Crippen molar-refractivity contribution in [2.45, 2.75) is 55.7 Å². The molecule has 3 aromatic carbocycles. The van der Waals surface area contributed by atoms with Crippen LogP contribution in [0, 0.1) is 0 Å². The van der Waals surface area contributed by atoms with Gasteiger partial charge in [0.1, 0.15) is 18.2 Å². The lowest BCUT2D eigenvalue weighted by Gasteiger charge is -2.45. The summed E-state index contributed by atoms with van der Waals surface area (Å²) in [6, 6.07) is 22.0. The van der Waals surface area contributed by atoms with Crippen molar-refractivity contribution in [2.24, 2.45) is 0 Å². The van der Waals surface area contributed by atoms with Crippen molar-refractivity contribution >= 4 is 22.1 Å². The first-order valence-corrected chi connectivity index (χ1v) is 15.2. The minimum atomic E-state index is -4.96. The van der Waals surface area contributed by atoms with Gasteiger partial charge >= 0.3 is 16.2 Å². The third-order valence-corrected chi connectivity index (χ3v) is 7.52. The largest absolute Gasteiger partial charge is 0.453 e. The smallest absolute Gasteiger partial charge is 0.338 e. The van der Waals surface area contributed by atoms with Crippen LogP contribution in [0.4, 0.5) is 3.89 Å². The van der Waals surface area contributed by atoms with Gasteiger partial charge in [-0.05, 0) is 35.4 Å². The first kappa shape index (κ1) is 33.0. The van der Waals surface area contributed by atoms with E-state index in [1.165, 1.54) is 13.0 Å². The molecule has 3 aromatic rings. The Bertz CT molecular complexity index is 1490. The van der Waals surface area contributed by atoms with E-state index < -0.39 is 57.6 Å². The van der Waals surface area contributed by atoms with Gasteiger partial charge in [0.25, 0.3) is 0 Å². The topological polar surface area (TPSA) is 126 Å². The van der Waals surface area contributed by atoms with Crippen LogP contribution in [-0.2, 0) is 51.9 Å². The molecule has 1 aliphatic rings. The molecule has 0 aliphatic carbocycles. The lowest BCUT2D eigenvalue weighted by molar-refractivity contribution is -0.278. The zero-order valence-corrected chi connectivity index (χ0v) is 24.9. The standard InChI is InChI=1S/C32H34FNO9S/c1-3-18-40-32-28(34-22(2)35)30(41-20-24-12-8-5-9-13-24)29(27(42-32)21-39-19-23-10-6-4-7-11-23)43-31(36)25-14-16-26(17-15-25)44(33,37)38/h3-17,27-30,32H,1,18-21H2,2H3,(H,34,35)/t27-,28-,29+,30-,32-/m1/s1. The fraction of sp³-hybridized carbons (Fsp3) is 0.312. The van der Waals surface area contributed by atoms with E-state index in [9.17, 15) is 21.9 Å². The normalized spacial score (nSPS) is 21.7. The molecule has 44 heavy (non-hydrogen) atoms. The van der Waals surface area contributed by atoms with Crippen LogP contribution in [0.15, 0.2) is 102 Å². The summed E-state index contributed by atoms with van der Waals surface area (Å²) in [5, 5.41) is 2.81. The maximum absolute atomic E-state index is 13.4. The average Bonchev–Trinajstić information content (AvgIpc) is 3.01. The van der Waals surface area contributed by atoms with Crippen LogP contribution < -0.4 is 5.32 Å². The van der Waals surface area contributed by atoms with Gasteiger partial charge in [-0.1, -0.05) is 66.7 Å². The maximum Gasteiger partial charge on any atom is 0.338 e. The first-order valence-electron chi connectivity index (χ1n) is 13.8. The highest BCUT2D eigenvalue weighted by Gasteiger charge is 2.50. The minimum Gasteiger partial charge on any atom is -0.453 e. The third-order valence-electron chi connectivity index (χ3n) is 6.69. The number of halogens is 1. The van der Waals surface area contributed by atoms with Gasteiger partial charge in [-0.25, -0.2) is 4.79 Å². The molecule has 0 bridgehead atoms. The highest BCUT2D eigenvalue weighted by Crippen LogP contribution is 2.29. The zero-order chi connectivity index (χ0) is 31.5. The Kier molecular flexibility index (Phi) is 11.8. The molecule has 1 fully saturated rings. The predicted octanol–water partition coefficient (Wildman–Crippen LogP) is 4.10. The second-order valence-electron chi connectivity index (χ2n) is 9.99. The van der Waals surface area contributed by atoms with Gasteiger partial charge in [-0.3, -0.25) is 4.79 Å². The van der Waals surface area contributed by atoms with E-state index in [0.29, 0.717) is 0 Å². The molecular weight excluding hydrogens is 593 g/mol. The van der Waals surface area contributed by atoms with Crippen LogP contribution in [0.5, 0.6) is 0 Å². The highest BCUT2D eigenvalue weighted by molar-refractivity contribution is 7.86. The molecule has 234 valence electrons. The van der Waals surface area contributed by atoms with Crippen LogP contribution in [-0.4, -0.2) is 64.2 Å². The summed E-state index contributed by atoms with van der Waals surface area (Å²) < 4.78 is 66.3. The molecule has 1 aliphatic heterocycles. The Morgan fingerprint density at radius 3 is 2.09 bits per heavy atom. The second kappa shape index (κ2) is 15.7. The Hall–Kier alpha value is -3.94. The van der Waals surface area contributed by atoms with Gasteiger partial charge in [0.2, 0.25) is 5.91 Å². The lowest BCUT2D eigenvalue weighted by atomic mass is 9.95. The second-order valence-corrected chi connectivity index (χ2v) is 11.3. The number of rotatable bonds is 14.